The predicted octanol–water partition coefficient (Wildman–Crippen LogP) is 6.53. The summed E-state index contributed by atoms with van der Waals surface area (Å²) < 4.78 is 5.28. The van der Waals surface area contributed by atoms with Crippen LogP contribution in [0.4, 0.5) is 0 Å². The van der Waals surface area contributed by atoms with Crippen molar-refractivity contribution < 1.29 is 0 Å². The van der Waals surface area contributed by atoms with Gasteiger partial charge in [0.25, 0.3) is 0 Å². The minimum absolute atomic E-state index is 0.790. The summed E-state index contributed by atoms with van der Waals surface area (Å²) in [6, 6.07) is 10.1. The fraction of sp³-hybridized carbons (Fsp3) is 0.611. The summed E-state index contributed by atoms with van der Waals surface area (Å²) in [5.41, 5.74) is 1.14. The van der Waals surface area contributed by atoms with E-state index in [-0.39, 0.29) is 0 Å². The van der Waals surface area contributed by atoms with Gasteiger partial charge in [-0.05, 0) is 59.6 Å². The van der Waals surface area contributed by atoms with E-state index in [9.17, 15) is 0 Å². The number of aromatic nitrogens is 1. The Morgan fingerprint density at radius 2 is 1.57 bits per heavy atom. The molecule has 1 heterocycles. The van der Waals surface area contributed by atoms with E-state index < -0.39 is 0 Å². The summed E-state index contributed by atoms with van der Waals surface area (Å²) in [5.74, 6) is 0. The highest BCUT2D eigenvalue weighted by molar-refractivity contribution is 8.76. The standard InChI is InChI=1S/C18H24N2S3/c1-2-8-14(9-3-1)20(15-10-4-5-11-15)23-22-18-19-16-12-6-7-13-17(16)21-18/h6-7,12-15H,1-5,8-11H2. The first-order valence-electron chi connectivity index (χ1n) is 8.89. The number of thiazole rings is 1. The number of hydrogen-bond acceptors (Lipinski definition) is 5. The number of benzene rings is 1. The molecule has 0 aliphatic heterocycles. The van der Waals surface area contributed by atoms with Crippen molar-refractivity contribution in [2.45, 2.75) is 74.2 Å². The van der Waals surface area contributed by atoms with Gasteiger partial charge in [-0.3, -0.25) is 0 Å². The van der Waals surface area contributed by atoms with E-state index in [1.165, 1.54) is 66.8 Å². The molecule has 23 heavy (non-hydrogen) atoms. The van der Waals surface area contributed by atoms with E-state index in [1.54, 1.807) is 0 Å². The zero-order valence-electron chi connectivity index (χ0n) is 13.4. The minimum atomic E-state index is 0.790. The maximum absolute atomic E-state index is 4.79. The molecule has 2 fully saturated rings. The molecule has 2 saturated carbocycles. The fourth-order valence-corrected chi connectivity index (χ4v) is 7.80. The van der Waals surface area contributed by atoms with Gasteiger partial charge in [-0.25, -0.2) is 9.29 Å². The van der Waals surface area contributed by atoms with Crippen LogP contribution in [0, 0.1) is 0 Å². The molecule has 0 N–H and O–H groups in total. The molecule has 1 aromatic heterocycles. The molecule has 2 nitrogen and oxygen atoms in total. The molecule has 1 aromatic carbocycles. The second kappa shape index (κ2) is 7.77. The normalized spacial score (nSPS) is 20.7. The van der Waals surface area contributed by atoms with Crippen LogP contribution >= 0.6 is 33.1 Å². The van der Waals surface area contributed by atoms with Gasteiger partial charge in [-0.15, -0.1) is 11.3 Å². The average Bonchev–Trinajstić information content (AvgIpc) is 3.25. The van der Waals surface area contributed by atoms with E-state index in [0.717, 1.165) is 17.6 Å². The van der Waals surface area contributed by atoms with Gasteiger partial charge in [0.2, 0.25) is 0 Å². The summed E-state index contributed by atoms with van der Waals surface area (Å²) >= 11 is 1.83. The molecular weight excluding hydrogens is 340 g/mol. The first-order valence-corrected chi connectivity index (χ1v) is 11.8. The molecule has 0 spiro atoms. The first kappa shape index (κ1) is 16.2. The topological polar surface area (TPSA) is 16.1 Å². The zero-order chi connectivity index (χ0) is 15.5. The summed E-state index contributed by atoms with van der Waals surface area (Å²) in [6.07, 6.45) is 12.7. The monoisotopic (exact) mass is 364 g/mol. The van der Waals surface area contributed by atoms with Crippen molar-refractivity contribution >= 4 is 43.3 Å². The molecule has 0 amide bonds. The average molecular weight is 365 g/mol. The highest BCUT2D eigenvalue weighted by Gasteiger charge is 2.30. The lowest BCUT2D eigenvalue weighted by atomic mass is 9.94. The van der Waals surface area contributed by atoms with Gasteiger partial charge in [0.1, 0.15) is 0 Å². The van der Waals surface area contributed by atoms with Crippen molar-refractivity contribution in [3.05, 3.63) is 24.3 Å². The van der Waals surface area contributed by atoms with Gasteiger partial charge in [-0.2, -0.15) is 0 Å². The molecule has 124 valence electrons. The SMILES string of the molecule is c1ccc2sc(SSN(C3CCCCC3)C3CCCC3)nc2c1. The third-order valence-corrected chi connectivity index (χ3v) is 9.03. The molecule has 0 radical (unpaired) electrons. The molecule has 5 heteroatoms. The predicted molar refractivity (Wildman–Crippen MR) is 104 cm³/mol. The highest BCUT2D eigenvalue weighted by Crippen LogP contribution is 2.44. The maximum Gasteiger partial charge on any atom is 0.162 e. The molecule has 2 aliphatic rings. The van der Waals surface area contributed by atoms with Crippen LogP contribution in [0.25, 0.3) is 10.2 Å². The molecule has 4 rings (SSSR count). The second-order valence-corrected chi connectivity index (χ2v) is 10.1. The van der Waals surface area contributed by atoms with Crippen molar-refractivity contribution in [1.29, 1.82) is 0 Å². The van der Waals surface area contributed by atoms with Gasteiger partial charge in [0.05, 0.1) is 10.2 Å². The van der Waals surface area contributed by atoms with Crippen LogP contribution in [0.15, 0.2) is 28.6 Å². The van der Waals surface area contributed by atoms with E-state index in [4.69, 9.17) is 4.98 Å². The summed E-state index contributed by atoms with van der Waals surface area (Å²) in [4.78, 5) is 4.79. The summed E-state index contributed by atoms with van der Waals surface area (Å²) in [5, 5.41) is 0. The molecular formula is C18H24N2S3. The van der Waals surface area contributed by atoms with Crippen LogP contribution in [0.3, 0.4) is 0 Å². The molecule has 0 atom stereocenters. The summed E-state index contributed by atoms with van der Waals surface area (Å²) in [6.45, 7) is 0. The quantitative estimate of drug-likeness (QED) is 0.442. The number of para-hydroxylation sites is 1. The van der Waals surface area contributed by atoms with Crippen LogP contribution in [0.5, 0.6) is 0 Å². The van der Waals surface area contributed by atoms with Crippen molar-refractivity contribution in [1.82, 2.24) is 9.29 Å². The third kappa shape index (κ3) is 3.89. The summed E-state index contributed by atoms with van der Waals surface area (Å²) in [7, 11) is 3.88. The van der Waals surface area contributed by atoms with Gasteiger partial charge >= 0.3 is 0 Å². The van der Waals surface area contributed by atoms with E-state index in [2.05, 4.69) is 28.6 Å². The lowest BCUT2D eigenvalue weighted by Crippen LogP contribution is -2.37. The Kier molecular flexibility index (Phi) is 5.49. The van der Waals surface area contributed by atoms with Crippen LogP contribution in [0.1, 0.15) is 57.8 Å². The molecule has 0 unspecified atom stereocenters. The Hall–Kier alpha value is -0.230. The molecule has 2 aliphatic carbocycles. The van der Waals surface area contributed by atoms with Crippen LogP contribution < -0.4 is 0 Å². The van der Waals surface area contributed by atoms with Crippen molar-refractivity contribution in [3.8, 4) is 0 Å². The van der Waals surface area contributed by atoms with E-state index in [1.807, 2.05) is 33.1 Å². The van der Waals surface area contributed by atoms with Gasteiger partial charge in [-0.1, -0.05) is 44.2 Å². The van der Waals surface area contributed by atoms with Crippen molar-refractivity contribution in [2.75, 3.05) is 0 Å². The molecule has 0 bridgehead atoms. The Bertz CT molecular complexity index is 597. The lowest BCUT2D eigenvalue weighted by molar-refractivity contribution is 0.223. The Balaban J connectivity index is 1.45. The van der Waals surface area contributed by atoms with Crippen molar-refractivity contribution in [2.24, 2.45) is 0 Å². The molecule has 0 saturated heterocycles. The number of nitrogens with zero attached hydrogens (tertiary/aromatic N) is 2. The van der Waals surface area contributed by atoms with Gasteiger partial charge in [0.15, 0.2) is 4.34 Å². The highest BCUT2D eigenvalue weighted by atomic mass is 33.1. The Morgan fingerprint density at radius 3 is 2.26 bits per heavy atom. The maximum atomic E-state index is 4.79. The first-order chi connectivity index (χ1) is 11.4. The van der Waals surface area contributed by atoms with Crippen molar-refractivity contribution in [3.63, 3.8) is 0 Å². The molecule has 2 aromatic rings. The van der Waals surface area contributed by atoms with Gasteiger partial charge < -0.3 is 0 Å². The van der Waals surface area contributed by atoms with Crippen LogP contribution in [-0.2, 0) is 0 Å². The van der Waals surface area contributed by atoms with E-state index >= 15 is 0 Å². The second-order valence-electron chi connectivity index (χ2n) is 6.70. The Labute approximate surface area is 151 Å². The lowest BCUT2D eigenvalue weighted by Gasteiger charge is -2.36. The Morgan fingerprint density at radius 1 is 0.913 bits per heavy atom. The number of hydrogen-bond donors (Lipinski definition) is 0. The minimum Gasteiger partial charge on any atom is -0.235 e. The fourth-order valence-electron chi connectivity index (χ4n) is 3.88. The smallest absolute Gasteiger partial charge is 0.162 e. The van der Waals surface area contributed by atoms with Crippen LogP contribution in [0.2, 0.25) is 0 Å². The van der Waals surface area contributed by atoms with Crippen LogP contribution in [-0.4, -0.2) is 21.4 Å². The number of fused-ring (bicyclic) bond motifs is 1. The zero-order valence-corrected chi connectivity index (χ0v) is 15.9. The van der Waals surface area contributed by atoms with E-state index in [0.29, 0.717) is 0 Å². The third-order valence-electron chi connectivity index (χ3n) is 5.09. The number of rotatable bonds is 5. The van der Waals surface area contributed by atoms with Gasteiger partial charge in [0, 0.05) is 12.1 Å². The largest absolute Gasteiger partial charge is 0.235 e.